The molecule has 1 aromatic heterocycles. The number of nitrogens with zero attached hydrogens (tertiary/aromatic N) is 2. The number of likely N-dealkylation sites (N-methyl/N-ethyl adjacent to an activating group) is 1. The van der Waals surface area contributed by atoms with Gasteiger partial charge in [-0.3, -0.25) is 19.8 Å². The number of amides is 3. The number of aromatic nitrogens is 2. The number of methoxy groups -OCH3 is 2. The van der Waals surface area contributed by atoms with Crippen LogP contribution in [0.15, 0.2) is 16.9 Å². The van der Waals surface area contributed by atoms with Crippen LogP contribution in [0.4, 0.5) is 4.79 Å². The fraction of sp³-hybridized carbons (Fsp3) is 0.500. The van der Waals surface area contributed by atoms with Crippen molar-refractivity contribution in [3.8, 4) is 11.5 Å². The van der Waals surface area contributed by atoms with E-state index in [1.807, 2.05) is 20.8 Å². The zero-order valence-electron chi connectivity index (χ0n) is 18.0. The molecule has 0 radical (unpaired) electrons. The van der Waals surface area contributed by atoms with Gasteiger partial charge in [0.05, 0.1) is 38.2 Å². The topological polar surface area (TPSA) is 126 Å². The Labute approximate surface area is 175 Å². The first kappa shape index (κ1) is 23.1. The predicted octanol–water partition coefficient (Wildman–Crippen LogP) is 1.24. The first-order valence-corrected chi connectivity index (χ1v) is 9.72. The van der Waals surface area contributed by atoms with Crippen molar-refractivity contribution in [2.75, 3.05) is 33.9 Å². The second-order valence-electron chi connectivity index (χ2n) is 7.19. The van der Waals surface area contributed by atoms with Gasteiger partial charge >= 0.3 is 6.03 Å². The number of nitrogens with one attached hydrogen (secondary N) is 3. The number of benzene rings is 1. The van der Waals surface area contributed by atoms with Gasteiger partial charge in [0.2, 0.25) is 5.91 Å². The van der Waals surface area contributed by atoms with Gasteiger partial charge in [0, 0.05) is 12.6 Å². The van der Waals surface area contributed by atoms with Crippen molar-refractivity contribution in [2.24, 2.45) is 5.92 Å². The van der Waals surface area contributed by atoms with Gasteiger partial charge in [-0.05, 0) is 18.5 Å². The van der Waals surface area contributed by atoms with Gasteiger partial charge in [-0.2, -0.15) is 0 Å². The van der Waals surface area contributed by atoms with Gasteiger partial charge in [-0.15, -0.1) is 0 Å². The quantitative estimate of drug-likeness (QED) is 0.558. The van der Waals surface area contributed by atoms with Crippen LogP contribution in [0.2, 0.25) is 0 Å². The average Bonchev–Trinajstić information content (AvgIpc) is 2.70. The number of rotatable bonds is 9. The van der Waals surface area contributed by atoms with Crippen LogP contribution in [-0.4, -0.2) is 60.7 Å². The summed E-state index contributed by atoms with van der Waals surface area (Å²) in [6.45, 7) is 7.02. The van der Waals surface area contributed by atoms with Gasteiger partial charge in [-0.25, -0.2) is 9.78 Å². The minimum absolute atomic E-state index is 0.0146. The summed E-state index contributed by atoms with van der Waals surface area (Å²) >= 11 is 0. The fourth-order valence-electron chi connectivity index (χ4n) is 2.79. The van der Waals surface area contributed by atoms with Gasteiger partial charge in [-0.1, -0.05) is 20.8 Å². The molecular formula is C20H29N5O5. The molecule has 164 valence electrons. The van der Waals surface area contributed by atoms with E-state index in [1.165, 1.54) is 14.2 Å². The molecule has 0 saturated heterocycles. The van der Waals surface area contributed by atoms with Crippen LogP contribution in [0.25, 0.3) is 10.9 Å². The molecule has 3 amide bonds. The Balaban J connectivity index is 2.12. The van der Waals surface area contributed by atoms with E-state index >= 15 is 0 Å². The number of hydrogen-bond acceptors (Lipinski definition) is 7. The standard InChI is InChI=1S/C20H29N5O5/c1-6-25(11-18(26)24-20(28)21-9-12(2)3)10-17-22-14-8-16(30-5)15(29-4)7-13(14)19(27)23-17/h7-8,12H,6,9-11H2,1-5H3,(H,22,23,27)(H2,21,24,26,28). The summed E-state index contributed by atoms with van der Waals surface area (Å²) in [5.41, 5.74) is 0.143. The van der Waals surface area contributed by atoms with E-state index in [9.17, 15) is 14.4 Å². The van der Waals surface area contributed by atoms with Crippen LogP contribution in [0, 0.1) is 5.92 Å². The minimum atomic E-state index is -0.525. The van der Waals surface area contributed by atoms with E-state index in [1.54, 1.807) is 17.0 Å². The monoisotopic (exact) mass is 419 g/mol. The molecule has 2 rings (SSSR count). The molecule has 0 aliphatic heterocycles. The lowest BCUT2D eigenvalue weighted by atomic mass is 10.2. The summed E-state index contributed by atoms with van der Waals surface area (Å²) in [6, 6.07) is 2.68. The molecule has 1 aromatic carbocycles. The Morgan fingerprint density at radius 2 is 1.87 bits per heavy atom. The number of ether oxygens (including phenoxy) is 2. The number of imide groups is 1. The molecule has 1 heterocycles. The Morgan fingerprint density at radius 3 is 2.47 bits per heavy atom. The molecule has 0 aliphatic rings. The third-order valence-corrected chi connectivity index (χ3v) is 4.37. The van der Waals surface area contributed by atoms with Gasteiger partial charge in [0.25, 0.3) is 5.56 Å². The molecule has 3 N–H and O–H groups in total. The number of H-pyrrole nitrogens is 1. The number of fused-ring (bicyclic) bond motifs is 1. The molecule has 0 unspecified atom stereocenters. The van der Waals surface area contributed by atoms with Crippen molar-refractivity contribution in [1.82, 2.24) is 25.5 Å². The van der Waals surface area contributed by atoms with E-state index in [0.29, 0.717) is 41.3 Å². The first-order chi connectivity index (χ1) is 14.3. The van der Waals surface area contributed by atoms with Crippen LogP contribution in [0.1, 0.15) is 26.6 Å². The predicted molar refractivity (Wildman–Crippen MR) is 113 cm³/mol. The number of aromatic amines is 1. The van der Waals surface area contributed by atoms with Crippen LogP contribution in [-0.2, 0) is 11.3 Å². The van der Waals surface area contributed by atoms with Crippen molar-refractivity contribution in [3.63, 3.8) is 0 Å². The number of carbonyl (C=O) groups is 2. The van der Waals surface area contributed by atoms with Crippen LogP contribution < -0.4 is 25.7 Å². The molecule has 30 heavy (non-hydrogen) atoms. The highest BCUT2D eigenvalue weighted by molar-refractivity contribution is 5.95. The molecule has 0 spiro atoms. The lowest BCUT2D eigenvalue weighted by Crippen LogP contribution is -2.45. The fourth-order valence-corrected chi connectivity index (χ4v) is 2.79. The lowest BCUT2D eigenvalue weighted by Gasteiger charge is -2.19. The third kappa shape index (κ3) is 6.18. The normalized spacial score (nSPS) is 11.0. The molecule has 2 aromatic rings. The summed E-state index contributed by atoms with van der Waals surface area (Å²) in [5.74, 6) is 1.15. The van der Waals surface area contributed by atoms with Crippen molar-refractivity contribution >= 4 is 22.8 Å². The molecule has 0 saturated carbocycles. The first-order valence-electron chi connectivity index (χ1n) is 9.72. The lowest BCUT2D eigenvalue weighted by molar-refractivity contribution is -0.121. The molecule has 10 nitrogen and oxygen atoms in total. The maximum absolute atomic E-state index is 12.5. The third-order valence-electron chi connectivity index (χ3n) is 4.37. The molecule has 0 aliphatic carbocycles. The second-order valence-corrected chi connectivity index (χ2v) is 7.19. The van der Waals surface area contributed by atoms with Crippen LogP contribution in [0.5, 0.6) is 11.5 Å². The number of urea groups is 1. The van der Waals surface area contributed by atoms with E-state index in [4.69, 9.17) is 9.47 Å². The number of hydrogen-bond donors (Lipinski definition) is 3. The SMILES string of the molecule is CCN(CC(=O)NC(=O)NCC(C)C)Cc1nc2cc(OC)c(OC)cc2c(=O)[nH]1. The smallest absolute Gasteiger partial charge is 0.321 e. The summed E-state index contributed by atoms with van der Waals surface area (Å²) in [4.78, 5) is 45.4. The van der Waals surface area contributed by atoms with Gasteiger partial charge < -0.3 is 19.8 Å². The van der Waals surface area contributed by atoms with Crippen LogP contribution >= 0.6 is 0 Å². The highest BCUT2D eigenvalue weighted by Gasteiger charge is 2.16. The Kier molecular flexibility index (Phi) is 8.16. The molecule has 0 bridgehead atoms. The van der Waals surface area contributed by atoms with E-state index in [2.05, 4.69) is 20.6 Å². The summed E-state index contributed by atoms with van der Waals surface area (Å²) < 4.78 is 10.5. The Bertz CT molecular complexity index is 956. The summed E-state index contributed by atoms with van der Waals surface area (Å²) in [7, 11) is 3.00. The van der Waals surface area contributed by atoms with E-state index in [-0.39, 0.29) is 24.6 Å². The second kappa shape index (κ2) is 10.6. The highest BCUT2D eigenvalue weighted by Crippen LogP contribution is 2.29. The molecule has 0 fully saturated rings. The van der Waals surface area contributed by atoms with E-state index < -0.39 is 11.9 Å². The van der Waals surface area contributed by atoms with Crippen LogP contribution in [0.3, 0.4) is 0 Å². The number of carbonyl (C=O) groups excluding carboxylic acids is 2. The maximum Gasteiger partial charge on any atom is 0.321 e. The minimum Gasteiger partial charge on any atom is -0.493 e. The molecule has 10 heteroatoms. The summed E-state index contributed by atoms with van der Waals surface area (Å²) in [6.07, 6.45) is 0. The zero-order valence-corrected chi connectivity index (χ0v) is 18.0. The highest BCUT2D eigenvalue weighted by atomic mass is 16.5. The van der Waals surface area contributed by atoms with Gasteiger partial charge in [0.1, 0.15) is 5.82 Å². The Hall–Kier alpha value is -3.14. The maximum atomic E-state index is 12.5. The van der Waals surface area contributed by atoms with Crippen molar-refractivity contribution in [2.45, 2.75) is 27.3 Å². The molecular weight excluding hydrogens is 390 g/mol. The van der Waals surface area contributed by atoms with Crippen molar-refractivity contribution in [3.05, 3.63) is 28.3 Å². The van der Waals surface area contributed by atoms with Crippen molar-refractivity contribution < 1.29 is 19.1 Å². The van der Waals surface area contributed by atoms with Crippen molar-refractivity contribution in [1.29, 1.82) is 0 Å². The van der Waals surface area contributed by atoms with Gasteiger partial charge in [0.15, 0.2) is 11.5 Å². The molecule has 0 atom stereocenters. The Morgan fingerprint density at radius 1 is 1.20 bits per heavy atom. The summed E-state index contributed by atoms with van der Waals surface area (Å²) in [5, 5.41) is 5.31. The largest absolute Gasteiger partial charge is 0.493 e. The zero-order chi connectivity index (χ0) is 22.3. The van der Waals surface area contributed by atoms with E-state index in [0.717, 1.165) is 0 Å². The average molecular weight is 419 g/mol.